The highest BCUT2D eigenvalue weighted by atomic mass is 19.1. The van der Waals surface area contributed by atoms with Crippen molar-refractivity contribution in [3.63, 3.8) is 0 Å². The molecule has 0 atom stereocenters. The molecule has 0 radical (unpaired) electrons. The molecule has 0 saturated carbocycles. The van der Waals surface area contributed by atoms with Crippen LogP contribution in [0.1, 0.15) is 16.8 Å². The Morgan fingerprint density at radius 3 is 2.91 bits per heavy atom. The van der Waals surface area contributed by atoms with Crippen molar-refractivity contribution < 1.29 is 23.5 Å². The molecule has 2 amide bonds. The topological polar surface area (TPSA) is 67.9 Å². The van der Waals surface area contributed by atoms with E-state index in [4.69, 9.17) is 9.47 Å². The lowest BCUT2D eigenvalue weighted by molar-refractivity contribution is -0.121. The van der Waals surface area contributed by atoms with E-state index in [1.54, 1.807) is 0 Å². The first-order chi connectivity index (χ1) is 10.6. The number of methoxy groups -OCH3 is 1. The van der Waals surface area contributed by atoms with Crippen LogP contribution in [0.5, 0.6) is 5.75 Å². The Labute approximate surface area is 128 Å². The number of amides is 2. The molecule has 1 aromatic rings. The van der Waals surface area contributed by atoms with Crippen molar-refractivity contribution >= 4 is 11.8 Å². The van der Waals surface area contributed by atoms with Gasteiger partial charge in [0.1, 0.15) is 0 Å². The summed E-state index contributed by atoms with van der Waals surface area (Å²) in [5.41, 5.74) is 0.218. The zero-order chi connectivity index (χ0) is 15.9. The van der Waals surface area contributed by atoms with Crippen molar-refractivity contribution in [2.24, 2.45) is 0 Å². The van der Waals surface area contributed by atoms with Gasteiger partial charge in [0.15, 0.2) is 11.6 Å². The zero-order valence-corrected chi connectivity index (χ0v) is 12.4. The molecule has 7 heteroatoms. The first kappa shape index (κ1) is 16.2. The van der Waals surface area contributed by atoms with Gasteiger partial charge in [0.25, 0.3) is 5.91 Å². The summed E-state index contributed by atoms with van der Waals surface area (Å²) in [4.78, 5) is 25.5. The van der Waals surface area contributed by atoms with Crippen LogP contribution >= 0.6 is 0 Å². The summed E-state index contributed by atoms with van der Waals surface area (Å²) in [6.45, 7) is 1.88. The average molecular weight is 310 g/mol. The van der Waals surface area contributed by atoms with Gasteiger partial charge in [0.05, 0.1) is 20.3 Å². The molecule has 22 heavy (non-hydrogen) atoms. The van der Waals surface area contributed by atoms with Crippen LogP contribution in [0.25, 0.3) is 0 Å². The number of carbonyl (C=O) groups excluding carboxylic acids is 2. The van der Waals surface area contributed by atoms with Gasteiger partial charge in [-0.3, -0.25) is 9.59 Å². The van der Waals surface area contributed by atoms with Crippen LogP contribution in [-0.2, 0) is 9.53 Å². The zero-order valence-electron chi connectivity index (χ0n) is 12.4. The molecular formula is C15H19FN2O4. The highest BCUT2D eigenvalue weighted by Gasteiger charge is 2.19. The summed E-state index contributed by atoms with van der Waals surface area (Å²) < 4.78 is 23.9. The van der Waals surface area contributed by atoms with E-state index in [9.17, 15) is 14.0 Å². The van der Waals surface area contributed by atoms with Crippen molar-refractivity contribution in [3.8, 4) is 5.75 Å². The van der Waals surface area contributed by atoms with Crippen LogP contribution in [0.2, 0.25) is 0 Å². The van der Waals surface area contributed by atoms with Crippen LogP contribution in [0.4, 0.5) is 4.39 Å². The first-order valence-electron chi connectivity index (χ1n) is 7.09. The molecule has 1 saturated heterocycles. The number of rotatable bonds is 2. The van der Waals surface area contributed by atoms with Crippen molar-refractivity contribution in [3.05, 3.63) is 29.6 Å². The maximum absolute atomic E-state index is 13.7. The van der Waals surface area contributed by atoms with Crippen LogP contribution in [0, 0.1) is 5.82 Å². The fraction of sp³-hybridized carbons (Fsp3) is 0.467. The molecule has 1 aliphatic rings. The summed E-state index contributed by atoms with van der Waals surface area (Å²) in [7, 11) is 1.36. The molecule has 1 fully saturated rings. The largest absolute Gasteiger partial charge is 0.494 e. The highest BCUT2D eigenvalue weighted by Crippen LogP contribution is 2.18. The van der Waals surface area contributed by atoms with E-state index in [0.717, 1.165) is 6.07 Å². The number of benzene rings is 1. The second kappa shape index (κ2) is 7.74. The summed E-state index contributed by atoms with van der Waals surface area (Å²) in [6, 6.07) is 4.05. The Morgan fingerprint density at radius 1 is 1.36 bits per heavy atom. The number of halogens is 1. The number of hydrogen-bond donors (Lipinski definition) is 1. The van der Waals surface area contributed by atoms with Crippen LogP contribution in [0.15, 0.2) is 18.2 Å². The van der Waals surface area contributed by atoms with Gasteiger partial charge in [-0.25, -0.2) is 4.39 Å². The molecule has 0 spiro atoms. The van der Waals surface area contributed by atoms with Crippen molar-refractivity contribution in [2.45, 2.75) is 6.42 Å². The van der Waals surface area contributed by atoms with E-state index in [1.165, 1.54) is 24.1 Å². The van der Waals surface area contributed by atoms with Gasteiger partial charge >= 0.3 is 0 Å². The molecule has 0 aliphatic carbocycles. The molecule has 0 aromatic heterocycles. The number of hydrogen-bond acceptors (Lipinski definition) is 4. The van der Waals surface area contributed by atoms with Crippen LogP contribution in [-0.4, -0.2) is 56.7 Å². The molecule has 1 heterocycles. The van der Waals surface area contributed by atoms with E-state index in [2.05, 4.69) is 5.32 Å². The number of nitrogens with zero attached hydrogens (tertiary/aromatic N) is 1. The molecular weight excluding hydrogens is 291 g/mol. The second-order valence-corrected chi connectivity index (χ2v) is 4.85. The molecule has 2 rings (SSSR count). The molecule has 1 aromatic carbocycles. The molecule has 1 aliphatic heterocycles. The fourth-order valence-corrected chi connectivity index (χ4v) is 2.16. The predicted molar refractivity (Wildman–Crippen MR) is 77.3 cm³/mol. The van der Waals surface area contributed by atoms with E-state index < -0.39 is 5.82 Å². The van der Waals surface area contributed by atoms with Crippen LogP contribution in [0.3, 0.4) is 0 Å². The van der Waals surface area contributed by atoms with E-state index in [0.29, 0.717) is 26.3 Å². The number of carbonyl (C=O) groups is 2. The molecule has 1 N–H and O–H groups in total. The van der Waals surface area contributed by atoms with Crippen molar-refractivity contribution in [1.29, 1.82) is 0 Å². The summed E-state index contributed by atoms with van der Waals surface area (Å²) in [5.74, 6) is -0.980. The van der Waals surface area contributed by atoms with E-state index in [-0.39, 0.29) is 36.1 Å². The van der Waals surface area contributed by atoms with E-state index >= 15 is 0 Å². The molecule has 0 bridgehead atoms. The summed E-state index contributed by atoms with van der Waals surface area (Å²) in [5, 5.41) is 2.70. The van der Waals surface area contributed by atoms with Gasteiger partial charge in [-0.1, -0.05) is 0 Å². The van der Waals surface area contributed by atoms with Gasteiger partial charge in [-0.15, -0.1) is 0 Å². The van der Waals surface area contributed by atoms with Crippen molar-refractivity contribution in [2.75, 3.05) is 40.0 Å². The van der Waals surface area contributed by atoms with Gasteiger partial charge in [0, 0.05) is 31.6 Å². The lowest BCUT2D eigenvalue weighted by Gasteiger charge is -2.24. The van der Waals surface area contributed by atoms with Gasteiger partial charge in [0.2, 0.25) is 5.91 Å². The number of ether oxygens (including phenoxy) is 2. The average Bonchev–Trinajstić information content (AvgIpc) is 2.53. The maximum atomic E-state index is 13.7. The Kier molecular flexibility index (Phi) is 5.71. The van der Waals surface area contributed by atoms with Gasteiger partial charge in [-0.05, 0) is 18.2 Å². The monoisotopic (exact) mass is 310 g/mol. The summed E-state index contributed by atoms with van der Waals surface area (Å²) in [6.07, 6.45) is 0.213. The predicted octanol–water partition coefficient (Wildman–Crippen LogP) is 0.813. The van der Waals surface area contributed by atoms with Crippen LogP contribution < -0.4 is 10.1 Å². The lowest BCUT2D eigenvalue weighted by Crippen LogP contribution is -2.39. The second-order valence-electron chi connectivity index (χ2n) is 4.85. The SMILES string of the molecule is COc1ccc(C(=O)N2CCOCCNC(=O)CC2)cc1F. The third-order valence-corrected chi connectivity index (χ3v) is 3.37. The summed E-state index contributed by atoms with van der Waals surface area (Å²) >= 11 is 0. The lowest BCUT2D eigenvalue weighted by atomic mass is 10.1. The minimum Gasteiger partial charge on any atom is -0.494 e. The number of nitrogens with one attached hydrogen (secondary N) is 1. The van der Waals surface area contributed by atoms with Gasteiger partial charge in [-0.2, -0.15) is 0 Å². The third kappa shape index (κ3) is 4.17. The molecule has 120 valence electrons. The molecule has 0 unspecified atom stereocenters. The minimum atomic E-state index is -0.594. The third-order valence-electron chi connectivity index (χ3n) is 3.37. The Balaban J connectivity index is 2.10. The smallest absolute Gasteiger partial charge is 0.254 e. The Bertz CT molecular complexity index is 550. The fourth-order valence-electron chi connectivity index (χ4n) is 2.16. The van der Waals surface area contributed by atoms with E-state index in [1.807, 2.05) is 0 Å². The maximum Gasteiger partial charge on any atom is 0.254 e. The quantitative estimate of drug-likeness (QED) is 0.878. The Hall–Kier alpha value is -2.15. The first-order valence-corrected chi connectivity index (χ1v) is 7.09. The van der Waals surface area contributed by atoms with Crippen molar-refractivity contribution in [1.82, 2.24) is 10.2 Å². The minimum absolute atomic E-state index is 0.0835. The van der Waals surface area contributed by atoms with Gasteiger partial charge < -0.3 is 19.7 Å². The molecule has 6 nitrogen and oxygen atoms in total. The highest BCUT2D eigenvalue weighted by molar-refractivity contribution is 5.94. The normalized spacial score (nSPS) is 16.8. The standard InChI is InChI=1S/C15H19FN2O4/c1-21-13-3-2-11(10-12(13)16)15(20)18-6-4-14(19)17-5-8-22-9-7-18/h2-3,10H,4-9H2,1H3,(H,17,19). The Morgan fingerprint density at radius 2 is 2.18 bits per heavy atom.